The first-order chi connectivity index (χ1) is 17.1. The van der Waals surface area contributed by atoms with E-state index in [1.54, 1.807) is 30.3 Å². The van der Waals surface area contributed by atoms with Gasteiger partial charge in [-0.25, -0.2) is 4.79 Å². The first kappa shape index (κ1) is 26.7. The van der Waals surface area contributed by atoms with E-state index < -0.39 is 51.5 Å². The summed E-state index contributed by atoms with van der Waals surface area (Å²) in [7, 11) is 0. The summed E-state index contributed by atoms with van der Waals surface area (Å²) in [6.45, 7) is 4.60. The number of carbonyl (C=O) groups is 3. The maximum Gasteiger partial charge on any atom is 0.333 e. The number of nitro groups is 1. The van der Waals surface area contributed by atoms with Crippen LogP contribution in [0.3, 0.4) is 0 Å². The van der Waals surface area contributed by atoms with Crippen molar-refractivity contribution in [2.75, 3.05) is 6.61 Å². The number of nitrogens with two attached hydrogens (primary N) is 1. The number of nitrogens with one attached hydrogen (secondary N) is 1. The van der Waals surface area contributed by atoms with Gasteiger partial charge < -0.3 is 19.3 Å². The van der Waals surface area contributed by atoms with Gasteiger partial charge in [-0.05, 0) is 42.3 Å². The lowest BCUT2D eigenvalue weighted by Gasteiger charge is -2.47. The monoisotopic (exact) mass is 516 g/mol. The molecule has 0 aliphatic carbocycles. The number of nitrogens with zero attached hydrogens (tertiary/aromatic N) is 2. The molecule has 190 valence electrons. The lowest BCUT2D eigenvalue weighted by Crippen LogP contribution is -2.77. The van der Waals surface area contributed by atoms with Crippen molar-refractivity contribution in [2.24, 2.45) is 5.14 Å². The summed E-state index contributed by atoms with van der Waals surface area (Å²) in [5.74, 6) is -1.74. The molecule has 2 aromatic rings. The molecule has 0 bridgehead atoms. The number of nitro benzene ring substituents is 1. The zero-order valence-electron chi connectivity index (χ0n) is 19.2. The van der Waals surface area contributed by atoms with E-state index in [9.17, 15) is 29.1 Å². The van der Waals surface area contributed by atoms with Crippen molar-refractivity contribution in [3.63, 3.8) is 0 Å². The number of hydrogen-bond acceptors (Lipinski definition) is 9. The lowest BCUT2D eigenvalue weighted by atomic mass is 9.99. The second-order valence-corrected chi connectivity index (χ2v) is 9.03. The van der Waals surface area contributed by atoms with Crippen molar-refractivity contribution in [3.05, 3.63) is 82.4 Å². The van der Waals surface area contributed by atoms with Crippen LogP contribution < -0.4 is 15.2 Å². The van der Waals surface area contributed by atoms with Crippen LogP contribution in [0.2, 0.25) is 0 Å². The average Bonchev–Trinajstić information content (AvgIpc) is 2.85. The minimum Gasteiger partial charge on any atom is -0.596 e. The van der Waals surface area contributed by atoms with Crippen LogP contribution in [-0.2, 0) is 37.1 Å². The molecule has 3 N–H and O–H groups in total. The lowest BCUT2D eigenvalue weighted by molar-refractivity contribution is -0.384. The van der Waals surface area contributed by atoms with Gasteiger partial charge in [0, 0.05) is 12.1 Å². The summed E-state index contributed by atoms with van der Waals surface area (Å²) in [4.78, 5) is 49.2. The van der Waals surface area contributed by atoms with Gasteiger partial charge in [0.05, 0.1) is 16.3 Å². The predicted molar refractivity (Wildman–Crippen MR) is 128 cm³/mol. The smallest absolute Gasteiger partial charge is 0.333 e. The van der Waals surface area contributed by atoms with Crippen LogP contribution in [0.15, 0.2) is 66.7 Å². The second kappa shape index (κ2) is 11.7. The molecule has 1 aliphatic heterocycles. The summed E-state index contributed by atoms with van der Waals surface area (Å²) < 4.78 is 22.9. The van der Waals surface area contributed by atoms with Gasteiger partial charge in [-0.2, -0.15) is 5.14 Å². The quantitative estimate of drug-likeness (QED) is 0.110. The summed E-state index contributed by atoms with van der Waals surface area (Å²) in [5, 5.41) is 17.6. The normalized spacial score (nSPS) is 18.4. The number of para-hydroxylation sites is 1. The van der Waals surface area contributed by atoms with Crippen LogP contribution in [0, 0.1) is 10.1 Å². The molecule has 1 aliphatic rings. The Balaban J connectivity index is 1.64. The number of carbonyl (C=O) groups excluding carboxylic acids is 3. The highest BCUT2D eigenvalue weighted by Gasteiger charge is 2.59. The van der Waals surface area contributed by atoms with Crippen LogP contribution in [0.5, 0.6) is 5.75 Å². The molecule has 0 aromatic heterocycles. The second-order valence-electron chi connectivity index (χ2n) is 7.89. The number of esters is 1. The molecule has 1 saturated heterocycles. The number of amides is 2. The fourth-order valence-corrected chi connectivity index (χ4v) is 4.42. The number of benzene rings is 2. The summed E-state index contributed by atoms with van der Waals surface area (Å²) >= 11 is -2.12. The van der Waals surface area contributed by atoms with E-state index in [-0.39, 0.29) is 24.5 Å². The zero-order valence-corrected chi connectivity index (χ0v) is 20.0. The maximum absolute atomic E-state index is 12.9. The van der Waals surface area contributed by atoms with E-state index in [0.29, 0.717) is 11.3 Å². The van der Waals surface area contributed by atoms with Gasteiger partial charge in [-0.15, -0.1) is 0 Å². The van der Waals surface area contributed by atoms with Gasteiger partial charge >= 0.3 is 5.97 Å². The van der Waals surface area contributed by atoms with Gasteiger partial charge in [-0.3, -0.25) is 24.6 Å². The highest BCUT2D eigenvalue weighted by Crippen LogP contribution is 2.30. The Hall–Kier alpha value is -3.94. The molecule has 4 unspecified atom stereocenters. The van der Waals surface area contributed by atoms with Gasteiger partial charge in [0.1, 0.15) is 12.4 Å². The maximum atomic E-state index is 12.9. The number of ether oxygens (including phenoxy) is 2. The third-order valence-electron chi connectivity index (χ3n) is 5.24. The van der Waals surface area contributed by atoms with Gasteiger partial charge in [-0.1, -0.05) is 24.8 Å². The van der Waals surface area contributed by atoms with E-state index in [4.69, 9.17) is 14.6 Å². The minimum atomic E-state index is -2.12. The predicted octanol–water partition coefficient (Wildman–Crippen LogP) is 0.937. The Kier molecular flexibility index (Phi) is 8.64. The minimum absolute atomic E-state index is 0.119. The summed E-state index contributed by atoms with van der Waals surface area (Å²) in [6, 6.07) is 11.4. The molecule has 0 spiro atoms. The molecular weight excluding hydrogens is 492 g/mol. The topological polar surface area (TPSA) is 177 Å². The molecule has 12 nitrogen and oxygen atoms in total. The Labute approximate surface area is 209 Å². The molecule has 4 atom stereocenters. The standard InChI is InChI=1S/C23H24N4O8S/c1-14(2)20(23(30)35-12-15-8-10-16(11-9-15)27(31)32)26-21(29)19(22(26)36(24)33)25-18(28)13-34-17-6-4-3-5-7-17/h3-11,19-20,22H,1,12-13,24H2,2H3,(H,25,28). The Morgan fingerprint density at radius 1 is 1.22 bits per heavy atom. The van der Waals surface area contributed by atoms with Crippen LogP contribution in [0.25, 0.3) is 0 Å². The summed E-state index contributed by atoms with van der Waals surface area (Å²) in [5.41, 5.74) is 0.586. The molecule has 1 heterocycles. The van der Waals surface area contributed by atoms with E-state index in [1.165, 1.54) is 31.2 Å². The van der Waals surface area contributed by atoms with Crippen LogP contribution in [0.4, 0.5) is 5.69 Å². The van der Waals surface area contributed by atoms with Crippen molar-refractivity contribution in [1.29, 1.82) is 0 Å². The molecule has 13 heteroatoms. The third-order valence-corrected chi connectivity index (χ3v) is 6.22. The first-order valence-corrected chi connectivity index (χ1v) is 11.9. The number of rotatable bonds is 11. The Morgan fingerprint density at radius 3 is 2.42 bits per heavy atom. The van der Waals surface area contributed by atoms with Crippen molar-refractivity contribution in [3.8, 4) is 5.75 Å². The Morgan fingerprint density at radius 2 is 1.86 bits per heavy atom. The van der Waals surface area contributed by atoms with Gasteiger partial charge in [0.15, 0.2) is 18.7 Å². The van der Waals surface area contributed by atoms with Crippen molar-refractivity contribution < 1.29 is 33.3 Å². The number of hydrogen-bond donors (Lipinski definition) is 2. The van der Waals surface area contributed by atoms with Crippen molar-refractivity contribution in [1.82, 2.24) is 10.2 Å². The summed E-state index contributed by atoms with van der Waals surface area (Å²) in [6.07, 6.45) is 0. The van der Waals surface area contributed by atoms with Crippen LogP contribution in [-0.4, -0.2) is 56.2 Å². The highest BCUT2D eigenvalue weighted by atomic mass is 32.2. The zero-order chi connectivity index (χ0) is 26.4. The third kappa shape index (κ3) is 6.19. The van der Waals surface area contributed by atoms with Gasteiger partial charge in [0.25, 0.3) is 17.5 Å². The van der Waals surface area contributed by atoms with Gasteiger partial charge in [0.2, 0.25) is 5.37 Å². The number of non-ortho nitro benzene ring substituents is 1. The molecule has 2 amide bonds. The molecule has 2 aromatic carbocycles. The fraction of sp³-hybridized carbons (Fsp3) is 0.261. The Bertz CT molecular complexity index is 1140. The highest BCUT2D eigenvalue weighted by molar-refractivity contribution is 7.89. The molecular formula is C23H24N4O8S. The number of likely N-dealkylation sites (tertiary alicyclic amines) is 1. The first-order valence-electron chi connectivity index (χ1n) is 10.6. The largest absolute Gasteiger partial charge is 0.596 e. The SMILES string of the molecule is C=C(C)C(C(=O)OCc1ccc([N+](=O)[O-])cc1)N1C(=O)C(NC(=O)COc2ccccc2)C1[S+](N)[O-]. The van der Waals surface area contributed by atoms with Crippen LogP contribution >= 0.6 is 0 Å². The van der Waals surface area contributed by atoms with Crippen molar-refractivity contribution >= 4 is 34.8 Å². The fourth-order valence-electron chi connectivity index (χ4n) is 3.52. The average molecular weight is 517 g/mol. The van der Waals surface area contributed by atoms with Crippen molar-refractivity contribution in [2.45, 2.75) is 31.0 Å². The number of β-lactam (4-membered cyclic amide) rings is 1. The van der Waals surface area contributed by atoms with E-state index in [1.807, 2.05) is 0 Å². The molecule has 1 fully saturated rings. The van der Waals surface area contributed by atoms with E-state index in [2.05, 4.69) is 11.9 Å². The van der Waals surface area contributed by atoms with Crippen LogP contribution in [0.1, 0.15) is 12.5 Å². The molecule has 36 heavy (non-hydrogen) atoms. The van der Waals surface area contributed by atoms with E-state index >= 15 is 0 Å². The molecule has 0 saturated carbocycles. The molecule has 0 radical (unpaired) electrons. The molecule has 3 rings (SSSR count). The van der Waals surface area contributed by atoms with E-state index in [0.717, 1.165) is 4.90 Å².